The largest absolute Gasteiger partial charge is 0.379 e. The van der Waals surface area contributed by atoms with E-state index < -0.39 is 10.0 Å². The molecule has 1 aliphatic heterocycles. The zero-order chi connectivity index (χ0) is 19.0. The second-order valence-electron chi connectivity index (χ2n) is 6.07. The average Bonchev–Trinajstić information content (AvgIpc) is 2.62. The van der Waals surface area contributed by atoms with Crippen LogP contribution >= 0.6 is 0 Å². The van der Waals surface area contributed by atoms with E-state index in [1.807, 2.05) is 6.92 Å². The second-order valence-corrected chi connectivity index (χ2v) is 8.16. The van der Waals surface area contributed by atoms with Gasteiger partial charge >= 0.3 is 0 Å². The Balaban J connectivity index is 1.73. The summed E-state index contributed by atoms with van der Waals surface area (Å²) in [6, 6.07) is 4.74. The highest BCUT2D eigenvalue weighted by molar-refractivity contribution is 7.89. The van der Waals surface area contributed by atoms with Gasteiger partial charge in [0.1, 0.15) is 5.82 Å². The van der Waals surface area contributed by atoms with Gasteiger partial charge in [-0.1, -0.05) is 6.07 Å². The van der Waals surface area contributed by atoms with Gasteiger partial charge in [0.2, 0.25) is 10.0 Å². The lowest BCUT2D eigenvalue weighted by atomic mass is 10.1. The molecule has 1 aliphatic rings. The third-order valence-corrected chi connectivity index (χ3v) is 6.10. The van der Waals surface area contributed by atoms with E-state index in [1.165, 1.54) is 16.4 Å². The minimum atomic E-state index is -3.29. The molecule has 0 atom stereocenters. The van der Waals surface area contributed by atoms with Gasteiger partial charge in [-0.3, -0.25) is 4.99 Å². The van der Waals surface area contributed by atoms with Crippen LogP contribution in [0.15, 0.2) is 23.2 Å². The summed E-state index contributed by atoms with van der Waals surface area (Å²) in [7, 11) is -1.65. The van der Waals surface area contributed by atoms with Crippen molar-refractivity contribution in [3.63, 3.8) is 0 Å². The summed E-state index contributed by atoms with van der Waals surface area (Å²) in [6.07, 6.45) is 0.721. The number of nitrogens with one attached hydrogen (secondary N) is 2. The summed E-state index contributed by atoms with van der Waals surface area (Å²) in [6.45, 7) is 4.47. The number of nitrogens with zero attached hydrogens (tertiary/aromatic N) is 2. The first-order valence-electron chi connectivity index (χ1n) is 8.67. The van der Waals surface area contributed by atoms with Gasteiger partial charge in [0.05, 0.1) is 19.0 Å². The third kappa shape index (κ3) is 6.22. The van der Waals surface area contributed by atoms with Crippen LogP contribution in [0.1, 0.15) is 11.1 Å². The van der Waals surface area contributed by atoms with Crippen LogP contribution in [0.5, 0.6) is 0 Å². The van der Waals surface area contributed by atoms with Crippen molar-refractivity contribution in [2.75, 3.05) is 52.2 Å². The SMILES string of the molecule is CN=C(NCCc1ccc(F)cc1C)NCCS(=O)(=O)N1CCOCC1. The summed E-state index contributed by atoms with van der Waals surface area (Å²) < 4.78 is 44.3. The van der Waals surface area contributed by atoms with Crippen LogP contribution in [0.25, 0.3) is 0 Å². The van der Waals surface area contributed by atoms with Crippen molar-refractivity contribution in [3.05, 3.63) is 35.1 Å². The molecule has 0 saturated carbocycles. The number of rotatable bonds is 7. The van der Waals surface area contributed by atoms with E-state index in [0.29, 0.717) is 38.8 Å². The molecule has 26 heavy (non-hydrogen) atoms. The molecule has 0 aromatic heterocycles. The van der Waals surface area contributed by atoms with Crippen molar-refractivity contribution in [1.82, 2.24) is 14.9 Å². The smallest absolute Gasteiger partial charge is 0.215 e. The molecule has 2 N–H and O–H groups in total. The van der Waals surface area contributed by atoms with Crippen molar-refractivity contribution >= 4 is 16.0 Å². The maximum Gasteiger partial charge on any atom is 0.215 e. The normalized spacial score (nSPS) is 16.5. The lowest BCUT2D eigenvalue weighted by molar-refractivity contribution is 0.0730. The van der Waals surface area contributed by atoms with Gasteiger partial charge in [0, 0.05) is 33.2 Å². The molecule has 0 bridgehead atoms. The monoisotopic (exact) mass is 386 g/mol. The number of sulfonamides is 1. The molecule has 0 unspecified atom stereocenters. The topological polar surface area (TPSA) is 83.0 Å². The summed E-state index contributed by atoms with van der Waals surface area (Å²) in [5.74, 6) is 0.310. The minimum Gasteiger partial charge on any atom is -0.379 e. The molecule has 9 heteroatoms. The molecule has 1 saturated heterocycles. The lowest BCUT2D eigenvalue weighted by Crippen LogP contribution is -2.45. The fraction of sp³-hybridized carbons (Fsp3) is 0.588. The van der Waals surface area contributed by atoms with E-state index >= 15 is 0 Å². The Hall–Kier alpha value is -1.71. The zero-order valence-electron chi connectivity index (χ0n) is 15.3. The van der Waals surface area contributed by atoms with Crippen LogP contribution in [0.3, 0.4) is 0 Å². The van der Waals surface area contributed by atoms with Gasteiger partial charge in [-0.05, 0) is 36.6 Å². The van der Waals surface area contributed by atoms with Crippen molar-refractivity contribution in [3.8, 4) is 0 Å². The molecule has 7 nitrogen and oxygen atoms in total. The molecule has 1 aromatic rings. The predicted molar refractivity (Wildman–Crippen MR) is 100 cm³/mol. The Labute approximate surface area is 154 Å². The van der Waals surface area contributed by atoms with Crippen molar-refractivity contribution in [2.45, 2.75) is 13.3 Å². The van der Waals surface area contributed by atoms with Gasteiger partial charge in [0.25, 0.3) is 0 Å². The van der Waals surface area contributed by atoms with Gasteiger partial charge in [-0.25, -0.2) is 12.8 Å². The number of benzene rings is 1. The molecule has 0 spiro atoms. The van der Waals surface area contributed by atoms with E-state index in [9.17, 15) is 12.8 Å². The molecular weight excluding hydrogens is 359 g/mol. The maximum absolute atomic E-state index is 13.1. The lowest BCUT2D eigenvalue weighted by Gasteiger charge is -2.26. The Morgan fingerprint density at radius 1 is 1.27 bits per heavy atom. The standard InChI is InChI=1S/C17H27FN4O3S/c1-14-13-16(18)4-3-15(14)5-6-20-17(19-2)21-7-12-26(23,24)22-8-10-25-11-9-22/h3-4,13H,5-12H2,1-2H3,(H2,19,20,21). The number of ether oxygens (including phenoxy) is 1. The Kier molecular flexibility index (Phi) is 7.80. The summed E-state index contributed by atoms with van der Waals surface area (Å²) in [4.78, 5) is 4.09. The van der Waals surface area contributed by atoms with Gasteiger partial charge in [-0.15, -0.1) is 0 Å². The van der Waals surface area contributed by atoms with Crippen molar-refractivity contribution < 1.29 is 17.5 Å². The fourth-order valence-electron chi connectivity index (χ4n) is 2.73. The number of hydrogen-bond donors (Lipinski definition) is 2. The van der Waals surface area contributed by atoms with Crippen LogP contribution in [0.4, 0.5) is 4.39 Å². The van der Waals surface area contributed by atoms with E-state index in [-0.39, 0.29) is 18.1 Å². The van der Waals surface area contributed by atoms with Crippen LogP contribution in [0.2, 0.25) is 0 Å². The van der Waals surface area contributed by atoms with Crippen LogP contribution < -0.4 is 10.6 Å². The molecule has 0 aliphatic carbocycles. The Morgan fingerprint density at radius 2 is 1.96 bits per heavy atom. The quantitative estimate of drug-likeness (QED) is 0.527. The number of morpholine rings is 1. The van der Waals surface area contributed by atoms with Gasteiger partial charge in [0.15, 0.2) is 5.96 Å². The first-order chi connectivity index (χ1) is 12.4. The number of aryl methyl sites for hydroxylation is 1. The number of aliphatic imine (C=N–C) groups is 1. The first kappa shape index (κ1) is 20.6. The van der Waals surface area contributed by atoms with E-state index in [2.05, 4.69) is 15.6 Å². The summed E-state index contributed by atoms with van der Waals surface area (Å²) in [5.41, 5.74) is 1.97. The minimum absolute atomic E-state index is 0.00473. The highest BCUT2D eigenvalue weighted by atomic mass is 32.2. The third-order valence-electron chi connectivity index (χ3n) is 4.23. The number of hydrogen-bond acceptors (Lipinski definition) is 4. The van der Waals surface area contributed by atoms with Crippen LogP contribution in [-0.4, -0.2) is 70.9 Å². The summed E-state index contributed by atoms with van der Waals surface area (Å²) >= 11 is 0. The van der Waals surface area contributed by atoms with Crippen LogP contribution in [0, 0.1) is 12.7 Å². The molecule has 0 radical (unpaired) electrons. The van der Waals surface area contributed by atoms with Crippen LogP contribution in [-0.2, 0) is 21.2 Å². The number of guanidine groups is 1. The van der Waals surface area contributed by atoms with Gasteiger partial charge < -0.3 is 15.4 Å². The summed E-state index contributed by atoms with van der Waals surface area (Å²) in [5, 5.41) is 6.16. The Bertz CT molecular complexity index is 719. The fourth-order valence-corrected chi connectivity index (χ4v) is 4.05. The molecule has 0 amide bonds. The molecule has 2 rings (SSSR count). The highest BCUT2D eigenvalue weighted by Crippen LogP contribution is 2.10. The van der Waals surface area contributed by atoms with E-state index in [0.717, 1.165) is 17.5 Å². The van der Waals surface area contributed by atoms with Gasteiger partial charge in [-0.2, -0.15) is 4.31 Å². The zero-order valence-corrected chi connectivity index (χ0v) is 16.1. The van der Waals surface area contributed by atoms with E-state index in [4.69, 9.17) is 4.74 Å². The molecule has 146 valence electrons. The molecular formula is C17H27FN4O3S. The molecule has 1 fully saturated rings. The van der Waals surface area contributed by atoms with E-state index in [1.54, 1.807) is 13.1 Å². The number of halogens is 1. The molecule has 1 aromatic carbocycles. The Morgan fingerprint density at radius 3 is 2.62 bits per heavy atom. The predicted octanol–water partition coefficient (Wildman–Crippen LogP) is 0.504. The average molecular weight is 386 g/mol. The van der Waals surface area contributed by atoms with Crippen molar-refractivity contribution in [1.29, 1.82) is 0 Å². The highest BCUT2D eigenvalue weighted by Gasteiger charge is 2.23. The second kappa shape index (κ2) is 9.84. The maximum atomic E-state index is 13.1. The molecule has 1 heterocycles. The first-order valence-corrected chi connectivity index (χ1v) is 10.3. The van der Waals surface area contributed by atoms with Crippen molar-refractivity contribution in [2.24, 2.45) is 4.99 Å².